The van der Waals surface area contributed by atoms with Crippen molar-refractivity contribution in [1.29, 1.82) is 0 Å². The van der Waals surface area contributed by atoms with Gasteiger partial charge in [0.15, 0.2) is 16.6 Å². The number of ether oxygens (including phenoxy) is 4. The molecule has 0 saturated heterocycles. The van der Waals surface area contributed by atoms with Crippen molar-refractivity contribution in [1.82, 2.24) is 15.6 Å². The molecule has 1 atom stereocenters. The number of halogens is 1. The van der Waals surface area contributed by atoms with E-state index in [0.29, 0.717) is 73.5 Å². The summed E-state index contributed by atoms with van der Waals surface area (Å²) in [6, 6.07) is 14.3. The molecule has 1 aromatic heterocycles. The average Bonchev–Trinajstić information content (AvgIpc) is 3.71. The Morgan fingerprint density at radius 1 is 0.883 bits per heavy atom. The van der Waals surface area contributed by atoms with Crippen LogP contribution in [0.5, 0.6) is 17.2 Å². The predicted molar refractivity (Wildman–Crippen MR) is 225 cm³/mol. The summed E-state index contributed by atoms with van der Waals surface area (Å²) >= 11 is 1.35. The molecule has 4 aromatic rings. The number of thiazole rings is 1. The van der Waals surface area contributed by atoms with Gasteiger partial charge in [-0.2, -0.15) is 0 Å². The summed E-state index contributed by atoms with van der Waals surface area (Å²) in [6.07, 6.45) is 10.9. The molecule has 1 aliphatic heterocycles. The van der Waals surface area contributed by atoms with Crippen LogP contribution in [0, 0.1) is 29.0 Å². The number of rotatable bonds is 19. The number of aromatic carboxylic acids is 1. The van der Waals surface area contributed by atoms with Gasteiger partial charge in [-0.1, -0.05) is 12.1 Å². The van der Waals surface area contributed by atoms with Gasteiger partial charge in [0.05, 0.1) is 32.0 Å². The van der Waals surface area contributed by atoms with E-state index in [9.17, 15) is 19.5 Å². The van der Waals surface area contributed by atoms with Crippen molar-refractivity contribution in [2.24, 2.45) is 23.2 Å². The molecule has 60 heavy (non-hydrogen) atoms. The zero-order valence-electron chi connectivity index (χ0n) is 33.9. The quantitative estimate of drug-likeness (QED) is 0.0683. The molecule has 9 rings (SSSR count). The first-order valence-corrected chi connectivity index (χ1v) is 21.9. The van der Waals surface area contributed by atoms with Crippen molar-refractivity contribution in [3.63, 3.8) is 0 Å². The van der Waals surface area contributed by atoms with E-state index in [1.165, 1.54) is 68.1 Å². The summed E-state index contributed by atoms with van der Waals surface area (Å²) in [5.41, 5.74) is 2.26. The van der Waals surface area contributed by atoms with Crippen molar-refractivity contribution < 1.29 is 42.8 Å². The van der Waals surface area contributed by atoms with Crippen LogP contribution in [0.25, 0.3) is 11.1 Å². The monoisotopic (exact) mass is 840 g/mol. The second kappa shape index (κ2) is 18.4. The van der Waals surface area contributed by atoms with Gasteiger partial charge < -0.3 is 40.0 Å². The number of fused-ring (bicyclic) bond motifs is 1. The Morgan fingerprint density at radius 3 is 2.28 bits per heavy atom. The van der Waals surface area contributed by atoms with E-state index >= 15 is 4.39 Å². The topological polar surface area (TPSA) is 157 Å². The molecule has 14 heteroatoms. The van der Waals surface area contributed by atoms with Crippen LogP contribution < -0.4 is 25.4 Å². The lowest BCUT2D eigenvalue weighted by molar-refractivity contribution is -0.129. The molecule has 12 nitrogen and oxygen atoms in total. The summed E-state index contributed by atoms with van der Waals surface area (Å²) in [4.78, 5) is 41.5. The largest absolute Gasteiger partial charge is 0.487 e. The number of carbonyl (C=O) groups is 3. The number of aromatic nitrogens is 1. The number of hydrogen-bond acceptors (Lipinski definition) is 10. The number of amides is 2. The number of carboxylic acids is 1. The molecular weight excluding hydrogens is 788 g/mol. The van der Waals surface area contributed by atoms with Gasteiger partial charge in [-0.3, -0.25) is 9.59 Å². The Bertz CT molecular complexity index is 2130. The van der Waals surface area contributed by atoms with E-state index in [2.05, 4.69) is 20.9 Å². The molecule has 0 spiro atoms. The van der Waals surface area contributed by atoms with Crippen LogP contribution in [0.4, 0.5) is 9.52 Å². The maximum absolute atomic E-state index is 15.6. The second-order valence-electron chi connectivity index (χ2n) is 17.2. The number of carboxylic acid groups (broad SMARTS) is 1. The predicted octanol–water partition coefficient (Wildman–Crippen LogP) is 7.96. The lowest BCUT2D eigenvalue weighted by atomic mass is 9.49. The van der Waals surface area contributed by atoms with Crippen LogP contribution in [-0.2, 0) is 31.0 Å². The van der Waals surface area contributed by atoms with Crippen LogP contribution in [0.3, 0.4) is 0 Å². The second-order valence-corrected chi connectivity index (χ2v) is 18.1. The minimum absolute atomic E-state index is 0.110. The highest BCUT2D eigenvalue weighted by molar-refractivity contribution is 7.13. The zero-order chi connectivity index (χ0) is 41.7. The molecule has 0 radical (unpaired) electrons. The van der Waals surface area contributed by atoms with Crippen LogP contribution >= 0.6 is 11.3 Å². The molecule has 5 aliphatic rings. The van der Waals surface area contributed by atoms with Crippen LogP contribution in [-0.4, -0.2) is 74.0 Å². The zero-order valence-corrected chi connectivity index (χ0v) is 34.8. The Morgan fingerprint density at radius 2 is 1.60 bits per heavy atom. The molecule has 4 N–H and O–H groups in total. The minimum atomic E-state index is -1.06. The van der Waals surface area contributed by atoms with Gasteiger partial charge in [0.1, 0.15) is 18.2 Å². The number of nitrogens with one attached hydrogen (secondary N) is 3. The first kappa shape index (κ1) is 41.8. The van der Waals surface area contributed by atoms with Crippen molar-refractivity contribution in [2.75, 3.05) is 51.4 Å². The Balaban J connectivity index is 0.858. The fourth-order valence-corrected chi connectivity index (χ4v) is 11.0. The van der Waals surface area contributed by atoms with Crippen molar-refractivity contribution in [3.8, 4) is 28.4 Å². The Kier molecular flexibility index (Phi) is 12.8. The molecule has 2 heterocycles. The highest BCUT2D eigenvalue weighted by Crippen LogP contribution is 2.61. The average molecular weight is 841 g/mol. The molecule has 2 amide bonds. The smallest absolute Gasteiger partial charge is 0.335 e. The number of benzene rings is 3. The van der Waals surface area contributed by atoms with E-state index in [-0.39, 0.29) is 48.2 Å². The lowest BCUT2D eigenvalue weighted by Crippen LogP contribution is -2.48. The molecule has 4 bridgehead atoms. The van der Waals surface area contributed by atoms with E-state index in [1.807, 2.05) is 19.1 Å². The Labute approximate surface area is 353 Å². The van der Waals surface area contributed by atoms with E-state index < -0.39 is 17.3 Å². The highest BCUT2D eigenvalue weighted by Gasteiger charge is 2.51. The van der Waals surface area contributed by atoms with Crippen molar-refractivity contribution >= 4 is 34.3 Å². The first-order chi connectivity index (χ1) is 29.0. The fourth-order valence-electron chi connectivity index (χ4n) is 10.4. The number of nitrogens with zero attached hydrogens (tertiary/aromatic N) is 1. The highest BCUT2D eigenvalue weighted by atomic mass is 32.1. The van der Waals surface area contributed by atoms with Crippen molar-refractivity contribution in [3.05, 3.63) is 88.7 Å². The van der Waals surface area contributed by atoms with Gasteiger partial charge in [0.25, 0.3) is 0 Å². The van der Waals surface area contributed by atoms with Crippen LogP contribution in [0.2, 0.25) is 0 Å². The minimum Gasteiger partial charge on any atom is -0.487 e. The van der Waals surface area contributed by atoms with E-state index in [1.54, 1.807) is 35.8 Å². The Hall–Kier alpha value is -4.89. The van der Waals surface area contributed by atoms with E-state index in [4.69, 9.17) is 18.9 Å². The number of anilines is 1. The standard InChI is InChI=1S/C46H53FN4O8S/c1-45(27-42(53)51-44-49-11-17-60-44)37-23-40(59-35-6-7-36(38(47)22-35)32-2-4-33(5-3-32)43(54)55)39(21-34(37)8-9-50-45)58-16-15-57-14-13-56-12-10-48-41(52)28-46-24-29-18-30(25-46)20-31(19-29)26-46/h2-7,11,17,21-23,29-31,50H,8-10,12-16,18-20,24-28H2,1H3,(H,48,52)(H,54,55)(H,49,51,53)/t29?,30?,31?,45-,46?/m1/s1. The molecule has 318 valence electrons. The summed E-state index contributed by atoms with van der Waals surface area (Å²) < 4.78 is 39.7. The van der Waals surface area contributed by atoms with Crippen LogP contribution in [0.1, 0.15) is 79.8 Å². The summed E-state index contributed by atoms with van der Waals surface area (Å²) in [6.45, 7) is 4.73. The van der Waals surface area contributed by atoms with Gasteiger partial charge in [0.2, 0.25) is 11.8 Å². The van der Waals surface area contributed by atoms with Gasteiger partial charge >= 0.3 is 5.97 Å². The van der Waals surface area contributed by atoms with Gasteiger partial charge in [0, 0.05) is 54.7 Å². The van der Waals surface area contributed by atoms with Crippen LogP contribution in [0.15, 0.2) is 66.2 Å². The SMILES string of the molecule is C[C@]1(CC(=O)Nc2nccs2)NCCc2cc(OCCOCCOCCNC(=O)CC34CC5CC(CC(C5)C3)C4)c(Oc3ccc(-c4ccc(C(=O)O)cc4)c(F)c3)cc21. The third-order valence-corrected chi connectivity index (χ3v) is 13.3. The molecule has 0 unspecified atom stereocenters. The third-order valence-electron chi connectivity index (χ3n) is 12.6. The molecule has 4 fully saturated rings. The normalized spacial score (nSPS) is 23.8. The molecule has 4 aliphatic carbocycles. The maximum Gasteiger partial charge on any atom is 0.335 e. The molecular formula is C46H53FN4O8S. The third kappa shape index (κ3) is 10.00. The first-order valence-electron chi connectivity index (χ1n) is 21.0. The maximum atomic E-state index is 15.6. The van der Waals surface area contributed by atoms with Gasteiger partial charge in [-0.15, -0.1) is 11.3 Å². The summed E-state index contributed by atoms with van der Waals surface area (Å²) in [5, 5.41) is 21.0. The summed E-state index contributed by atoms with van der Waals surface area (Å²) in [5.74, 6) is 1.86. The van der Waals surface area contributed by atoms with Gasteiger partial charge in [-0.25, -0.2) is 14.2 Å². The summed E-state index contributed by atoms with van der Waals surface area (Å²) in [7, 11) is 0. The fraction of sp³-hybridized carbons (Fsp3) is 0.478. The number of carbonyl (C=O) groups excluding carboxylic acids is 2. The van der Waals surface area contributed by atoms with Crippen molar-refractivity contribution in [2.45, 2.75) is 70.3 Å². The van der Waals surface area contributed by atoms with Gasteiger partial charge in [-0.05, 0) is 128 Å². The van der Waals surface area contributed by atoms with E-state index in [0.717, 1.165) is 28.9 Å². The molecule has 4 saturated carbocycles. The number of hydrogen-bond donors (Lipinski definition) is 4. The lowest BCUT2D eigenvalue weighted by Gasteiger charge is -2.56. The molecule has 3 aromatic carbocycles.